The predicted octanol–water partition coefficient (Wildman–Crippen LogP) is 19.5. The highest BCUT2D eigenvalue weighted by molar-refractivity contribution is 7.27. The quantitative estimate of drug-likeness (QED) is 0.176. The standard InChI is InChI=1S/C68H35N5S3/c69-36-48-49(37-70)64(72-51-25-11-5-22-46(51)61-54(72)34-31-43-40-19-8-14-28-57(40)75-67(43)61)65(73-52-26-12-6-23-47(52)62-55(73)35-32-44-41-20-9-15-29-58(41)76-68(44)62)59(38-16-2-1-3-17-38)63(48)71-50-24-10-4-21-45(50)60-53(71)33-30-42-39-18-7-13-27-56(39)74-66(42)60/h1-35H. The van der Waals surface area contributed by atoms with Crippen LogP contribution in [0.15, 0.2) is 212 Å². The zero-order valence-electron chi connectivity index (χ0n) is 40.2. The van der Waals surface area contributed by atoms with Gasteiger partial charge in [-0.25, -0.2) is 0 Å². The van der Waals surface area contributed by atoms with Crippen LogP contribution in [0.3, 0.4) is 0 Å². The van der Waals surface area contributed by atoms with Crippen molar-refractivity contribution in [2.24, 2.45) is 0 Å². The summed E-state index contributed by atoms with van der Waals surface area (Å²) in [4.78, 5) is 0. The first-order chi connectivity index (χ1) is 37.7. The van der Waals surface area contributed by atoms with Gasteiger partial charge in [0, 0.05) is 98.4 Å². The van der Waals surface area contributed by atoms with Gasteiger partial charge >= 0.3 is 0 Å². The summed E-state index contributed by atoms with van der Waals surface area (Å²) in [6.45, 7) is 0. The molecule has 17 aromatic rings. The Bertz CT molecular complexity index is 5510. The molecule has 0 aliphatic carbocycles. The Balaban J connectivity index is 1.15. The highest BCUT2D eigenvalue weighted by atomic mass is 32.1. The second-order valence-corrected chi connectivity index (χ2v) is 22.8. The molecule has 0 unspecified atom stereocenters. The molecule has 0 amide bonds. The summed E-state index contributed by atoms with van der Waals surface area (Å²) in [6, 6.07) is 81.6. The van der Waals surface area contributed by atoms with Crippen LogP contribution in [0.2, 0.25) is 0 Å². The van der Waals surface area contributed by atoms with E-state index in [2.05, 4.69) is 238 Å². The van der Waals surface area contributed by atoms with Crippen molar-refractivity contribution in [3.63, 3.8) is 0 Å². The normalized spacial score (nSPS) is 12.2. The van der Waals surface area contributed by atoms with E-state index in [-0.39, 0.29) is 0 Å². The molecule has 350 valence electrons. The van der Waals surface area contributed by atoms with Crippen molar-refractivity contribution in [2.45, 2.75) is 0 Å². The Morgan fingerprint density at radius 2 is 0.605 bits per heavy atom. The van der Waals surface area contributed by atoms with Crippen LogP contribution < -0.4 is 0 Å². The van der Waals surface area contributed by atoms with E-state index in [1.54, 1.807) is 0 Å². The second kappa shape index (κ2) is 15.5. The van der Waals surface area contributed by atoms with Gasteiger partial charge in [0.25, 0.3) is 0 Å². The van der Waals surface area contributed by atoms with E-state index in [1.807, 2.05) is 34.0 Å². The maximum absolute atomic E-state index is 12.3. The molecule has 0 N–H and O–H groups in total. The minimum absolute atomic E-state index is 0.300. The van der Waals surface area contributed by atoms with Crippen molar-refractivity contribution in [3.8, 4) is 40.3 Å². The van der Waals surface area contributed by atoms with Gasteiger partial charge in [0.15, 0.2) is 0 Å². The molecule has 0 saturated heterocycles. The van der Waals surface area contributed by atoms with Crippen molar-refractivity contribution in [1.29, 1.82) is 10.5 Å². The van der Waals surface area contributed by atoms with E-state index >= 15 is 0 Å². The average molecular weight is 1020 g/mol. The zero-order valence-corrected chi connectivity index (χ0v) is 42.6. The molecule has 0 aliphatic rings. The smallest absolute Gasteiger partial charge is 0.103 e. The van der Waals surface area contributed by atoms with Gasteiger partial charge in [0.1, 0.15) is 12.1 Å². The van der Waals surface area contributed by atoms with Crippen LogP contribution in [0.25, 0.3) is 154 Å². The lowest BCUT2D eigenvalue weighted by molar-refractivity contribution is 1.07. The largest absolute Gasteiger partial charge is 0.307 e. The number of fused-ring (bicyclic) bond motifs is 21. The van der Waals surface area contributed by atoms with Crippen molar-refractivity contribution in [2.75, 3.05) is 0 Å². The molecule has 0 aliphatic heterocycles. The van der Waals surface area contributed by atoms with Gasteiger partial charge in [-0.05, 0) is 60.2 Å². The predicted molar refractivity (Wildman–Crippen MR) is 323 cm³/mol. The molecule has 11 aromatic carbocycles. The number of hydrogen-bond donors (Lipinski definition) is 0. The van der Waals surface area contributed by atoms with Gasteiger partial charge in [-0.15, -0.1) is 34.0 Å². The maximum Gasteiger partial charge on any atom is 0.103 e. The molecule has 17 rings (SSSR count). The third-order valence-corrected chi connectivity index (χ3v) is 19.5. The molecule has 0 spiro atoms. The molecule has 8 heteroatoms. The minimum atomic E-state index is 0.300. The summed E-state index contributed by atoms with van der Waals surface area (Å²) >= 11 is 5.44. The fourth-order valence-electron chi connectivity index (χ4n) is 12.9. The summed E-state index contributed by atoms with van der Waals surface area (Å²) in [6.07, 6.45) is 0. The van der Waals surface area contributed by atoms with Crippen molar-refractivity contribution >= 4 is 160 Å². The first-order valence-corrected chi connectivity index (χ1v) is 27.7. The Kier molecular flexibility index (Phi) is 8.54. The van der Waals surface area contributed by atoms with E-state index in [0.29, 0.717) is 22.5 Å². The summed E-state index contributed by atoms with van der Waals surface area (Å²) in [5, 5.41) is 38.5. The molecule has 76 heavy (non-hydrogen) atoms. The maximum atomic E-state index is 12.3. The van der Waals surface area contributed by atoms with Crippen LogP contribution in [0.5, 0.6) is 0 Å². The number of rotatable bonds is 4. The van der Waals surface area contributed by atoms with E-state index < -0.39 is 0 Å². The van der Waals surface area contributed by atoms with Gasteiger partial charge < -0.3 is 13.7 Å². The fraction of sp³-hybridized carbons (Fsp3) is 0. The lowest BCUT2D eigenvalue weighted by atomic mass is 9.91. The minimum Gasteiger partial charge on any atom is -0.307 e. The number of nitrogens with zero attached hydrogens (tertiary/aromatic N) is 5. The number of para-hydroxylation sites is 3. The fourth-order valence-corrected chi connectivity index (χ4v) is 16.7. The summed E-state index contributed by atoms with van der Waals surface area (Å²) in [7, 11) is 0. The van der Waals surface area contributed by atoms with Crippen molar-refractivity contribution in [3.05, 3.63) is 223 Å². The number of nitriles is 2. The molecule has 0 saturated carbocycles. The van der Waals surface area contributed by atoms with Crippen LogP contribution in [0, 0.1) is 22.7 Å². The van der Waals surface area contributed by atoms with E-state index in [1.165, 1.54) is 60.5 Å². The van der Waals surface area contributed by atoms with Crippen LogP contribution in [0.1, 0.15) is 11.1 Å². The highest BCUT2D eigenvalue weighted by Gasteiger charge is 2.34. The van der Waals surface area contributed by atoms with Crippen LogP contribution >= 0.6 is 34.0 Å². The summed E-state index contributed by atoms with van der Waals surface area (Å²) < 4.78 is 14.3. The van der Waals surface area contributed by atoms with Crippen LogP contribution in [-0.2, 0) is 0 Å². The SMILES string of the molecule is N#Cc1c(C#N)c(-n2c3ccccc3c3c4sc5ccccc5c4ccc32)c(-n2c3ccccc3c3c4sc5ccccc5c4ccc32)c(-c2ccccc2)c1-n1c2ccccc2c2c3sc4ccccc4c3ccc21. The third kappa shape index (κ3) is 5.39. The topological polar surface area (TPSA) is 62.4 Å². The van der Waals surface area contributed by atoms with Gasteiger partial charge in [0.05, 0.1) is 61.3 Å². The molecule has 0 bridgehead atoms. The number of thiophene rings is 3. The number of hydrogen-bond acceptors (Lipinski definition) is 5. The van der Waals surface area contributed by atoms with Crippen LogP contribution in [0.4, 0.5) is 0 Å². The first-order valence-electron chi connectivity index (χ1n) is 25.3. The number of benzene rings is 11. The average Bonchev–Trinajstić information content (AvgIpc) is 4.50. The molecular weight excluding hydrogens is 983 g/mol. The molecular formula is C68H35N5S3. The molecule has 0 atom stereocenters. The Labute approximate surface area is 445 Å². The van der Waals surface area contributed by atoms with Gasteiger partial charge in [-0.2, -0.15) is 10.5 Å². The summed E-state index contributed by atoms with van der Waals surface area (Å²) in [5.74, 6) is 0. The second-order valence-electron chi connectivity index (χ2n) is 19.6. The zero-order chi connectivity index (χ0) is 49.9. The van der Waals surface area contributed by atoms with Gasteiger partial charge in [-0.3, -0.25) is 0 Å². The molecule has 6 aromatic heterocycles. The van der Waals surface area contributed by atoms with E-state index in [0.717, 1.165) is 82.2 Å². The van der Waals surface area contributed by atoms with Crippen molar-refractivity contribution in [1.82, 2.24) is 13.7 Å². The van der Waals surface area contributed by atoms with Gasteiger partial charge in [0.2, 0.25) is 0 Å². The Morgan fingerprint density at radius 3 is 1.01 bits per heavy atom. The van der Waals surface area contributed by atoms with E-state index in [4.69, 9.17) is 0 Å². The lowest BCUT2D eigenvalue weighted by Gasteiger charge is -2.27. The molecule has 0 radical (unpaired) electrons. The van der Waals surface area contributed by atoms with Gasteiger partial charge in [-0.1, -0.05) is 158 Å². The van der Waals surface area contributed by atoms with Crippen molar-refractivity contribution < 1.29 is 0 Å². The molecule has 6 heterocycles. The third-order valence-electron chi connectivity index (χ3n) is 15.9. The Hall–Kier alpha value is -9.54. The lowest BCUT2D eigenvalue weighted by Crippen LogP contribution is -2.14. The first kappa shape index (κ1) is 41.9. The number of aromatic nitrogens is 3. The monoisotopic (exact) mass is 1020 g/mol. The Morgan fingerprint density at radius 1 is 0.276 bits per heavy atom. The highest BCUT2D eigenvalue weighted by Crippen LogP contribution is 2.53. The van der Waals surface area contributed by atoms with E-state index in [9.17, 15) is 10.5 Å². The van der Waals surface area contributed by atoms with Crippen LogP contribution in [-0.4, -0.2) is 13.7 Å². The molecule has 5 nitrogen and oxygen atoms in total. The molecule has 0 fully saturated rings. The summed E-state index contributed by atoms with van der Waals surface area (Å²) in [5.41, 5.74) is 10.4.